The van der Waals surface area contributed by atoms with E-state index < -0.39 is 0 Å². The molecule has 0 atom stereocenters. The Labute approximate surface area is 92.3 Å². The fourth-order valence-electron chi connectivity index (χ4n) is 2.07. The lowest BCUT2D eigenvalue weighted by Gasteiger charge is -2.19. The minimum atomic E-state index is 1.07. The van der Waals surface area contributed by atoms with Crippen molar-refractivity contribution in [3.63, 3.8) is 0 Å². The van der Waals surface area contributed by atoms with Crippen molar-refractivity contribution in [2.24, 2.45) is 0 Å². The molecule has 0 bridgehead atoms. The molecule has 0 spiro atoms. The Morgan fingerprint density at radius 3 is 3.07 bits per heavy atom. The molecule has 0 unspecified atom stereocenters. The number of rotatable bonds is 3. The lowest BCUT2D eigenvalue weighted by molar-refractivity contribution is 0.276. The zero-order chi connectivity index (χ0) is 10.5. The first-order valence-corrected chi connectivity index (χ1v) is 5.94. The summed E-state index contributed by atoms with van der Waals surface area (Å²) in [6, 6.07) is 8.64. The molecule has 1 N–H and O–H groups in total. The highest BCUT2D eigenvalue weighted by Gasteiger charge is 2.12. The highest BCUT2D eigenvalue weighted by atomic mass is 15.1. The quantitative estimate of drug-likeness (QED) is 0.814. The highest BCUT2D eigenvalue weighted by Crippen LogP contribution is 2.19. The standard InChI is InChI=1S/C13H20N2/c1-2-3-9-15-10-8-14-13-7-5-4-6-12(13)11-15/h4-7,14H,2-3,8-11H2,1H3. The fraction of sp³-hybridized carbons (Fsp3) is 0.538. The number of nitrogens with one attached hydrogen (secondary N) is 1. The average Bonchev–Trinajstić information content (AvgIpc) is 2.47. The van der Waals surface area contributed by atoms with Crippen LogP contribution in [0.2, 0.25) is 0 Å². The first-order chi connectivity index (χ1) is 7.40. The number of unbranched alkanes of at least 4 members (excludes halogenated alkanes) is 1. The van der Waals surface area contributed by atoms with Crippen molar-refractivity contribution in [3.05, 3.63) is 29.8 Å². The van der Waals surface area contributed by atoms with Gasteiger partial charge in [-0.05, 0) is 24.6 Å². The summed E-state index contributed by atoms with van der Waals surface area (Å²) < 4.78 is 0. The van der Waals surface area contributed by atoms with Gasteiger partial charge in [0.15, 0.2) is 0 Å². The van der Waals surface area contributed by atoms with E-state index in [-0.39, 0.29) is 0 Å². The molecule has 1 heterocycles. The molecule has 0 saturated carbocycles. The van der Waals surface area contributed by atoms with Gasteiger partial charge in [0, 0.05) is 25.3 Å². The molecule has 82 valence electrons. The van der Waals surface area contributed by atoms with Crippen LogP contribution in [0, 0.1) is 0 Å². The predicted molar refractivity (Wildman–Crippen MR) is 65.1 cm³/mol. The van der Waals surface area contributed by atoms with Gasteiger partial charge >= 0.3 is 0 Å². The fourth-order valence-corrected chi connectivity index (χ4v) is 2.07. The third-order valence-electron chi connectivity index (χ3n) is 2.98. The number of anilines is 1. The normalized spacial score (nSPS) is 16.6. The van der Waals surface area contributed by atoms with E-state index in [9.17, 15) is 0 Å². The molecule has 2 rings (SSSR count). The highest BCUT2D eigenvalue weighted by molar-refractivity contribution is 5.51. The molecule has 0 saturated heterocycles. The van der Waals surface area contributed by atoms with Gasteiger partial charge in [-0.25, -0.2) is 0 Å². The van der Waals surface area contributed by atoms with E-state index in [0.717, 1.165) is 19.6 Å². The van der Waals surface area contributed by atoms with Crippen LogP contribution >= 0.6 is 0 Å². The molecule has 0 fully saturated rings. The Hall–Kier alpha value is -1.02. The Kier molecular flexibility index (Phi) is 3.62. The Bertz CT molecular complexity index is 307. The van der Waals surface area contributed by atoms with Gasteiger partial charge in [0.05, 0.1) is 0 Å². The van der Waals surface area contributed by atoms with Crippen LogP contribution in [-0.4, -0.2) is 24.5 Å². The summed E-state index contributed by atoms with van der Waals surface area (Å²) in [6.07, 6.45) is 2.59. The summed E-state index contributed by atoms with van der Waals surface area (Å²) in [7, 11) is 0. The topological polar surface area (TPSA) is 15.3 Å². The molecule has 0 radical (unpaired) electrons. The molecule has 2 heteroatoms. The first-order valence-electron chi connectivity index (χ1n) is 5.94. The van der Waals surface area contributed by atoms with E-state index in [0.29, 0.717) is 0 Å². The maximum absolute atomic E-state index is 3.49. The second-order valence-corrected chi connectivity index (χ2v) is 4.21. The Balaban J connectivity index is 2.04. The zero-order valence-electron chi connectivity index (χ0n) is 9.50. The van der Waals surface area contributed by atoms with Crippen LogP contribution in [0.15, 0.2) is 24.3 Å². The third-order valence-corrected chi connectivity index (χ3v) is 2.98. The van der Waals surface area contributed by atoms with Crippen LogP contribution in [0.5, 0.6) is 0 Å². The molecule has 0 amide bonds. The van der Waals surface area contributed by atoms with E-state index in [1.54, 1.807) is 0 Å². The minimum absolute atomic E-state index is 1.07. The van der Waals surface area contributed by atoms with Crippen molar-refractivity contribution in [1.82, 2.24) is 4.90 Å². The van der Waals surface area contributed by atoms with Gasteiger partial charge in [-0.3, -0.25) is 4.90 Å². The number of hydrogen-bond donors (Lipinski definition) is 1. The minimum Gasteiger partial charge on any atom is -0.383 e. The van der Waals surface area contributed by atoms with Crippen molar-refractivity contribution < 1.29 is 0 Å². The van der Waals surface area contributed by atoms with Crippen LogP contribution in [0.3, 0.4) is 0 Å². The number of para-hydroxylation sites is 1. The van der Waals surface area contributed by atoms with E-state index in [1.807, 2.05) is 0 Å². The van der Waals surface area contributed by atoms with Crippen molar-refractivity contribution >= 4 is 5.69 Å². The molecule has 1 aromatic carbocycles. The average molecular weight is 204 g/mol. The predicted octanol–water partition coefficient (Wildman–Crippen LogP) is 2.71. The summed E-state index contributed by atoms with van der Waals surface area (Å²) >= 11 is 0. The molecule has 0 aliphatic carbocycles. The second kappa shape index (κ2) is 5.17. The Morgan fingerprint density at radius 1 is 1.33 bits per heavy atom. The monoisotopic (exact) mass is 204 g/mol. The zero-order valence-corrected chi connectivity index (χ0v) is 9.50. The van der Waals surface area contributed by atoms with Gasteiger partial charge in [0.1, 0.15) is 0 Å². The molecule has 1 aromatic rings. The first kappa shape index (κ1) is 10.5. The summed E-state index contributed by atoms with van der Waals surface area (Å²) in [6.45, 7) is 6.81. The molecular formula is C13H20N2. The van der Waals surface area contributed by atoms with Crippen molar-refractivity contribution in [2.75, 3.05) is 25.0 Å². The maximum Gasteiger partial charge on any atom is 0.0386 e. The van der Waals surface area contributed by atoms with E-state index in [1.165, 1.54) is 30.6 Å². The lowest BCUT2D eigenvalue weighted by atomic mass is 10.1. The smallest absolute Gasteiger partial charge is 0.0386 e. The van der Waals surface area contributed by atoms with Gasteiger partial charge in [-0.1, -0.05) is 31.5 Å². The van der Waals surface area contributed by atoms with Crippen LogP contribution < -0.4 is 5.32 Å². The largest absolute Gasteiger partial charge is 0.383 e. The number of nitrogens with zero attached hydrogens (tertiary/aromatic N) is 1. The van der Waals surface area contributed by atoms with E-state index >= 15 is 0 Å². The van der Waals surface area contributed by atoms with E-state index in [2.05, 4.69) is 41.4 Å². The molecule has 1 aliphatic rings. The summed E-state index contributed by atoms with van der Waals surface area (Å²) in [4.78, 5) is 2.54. The molecule has 1 aliphatic heterocycles. The van der Waals surface area contributed by atoms with E-state index in [4.69, 9.17) is 0 Å². The molecule has 15 heavy (non-hydrogen) atoms. The van der Waals surface area contributed by atoms with Gasteiger partial charge < -0.3 is 5.32 Å². The molecular weight excluding hydrogens is 184 g/mol. The Morgan fingerprint density at radius 2 is 2.20 bits per heavy atom. The third kappa shape index (κ3) is 2.72. The van der Waals surface area contributed by atoms with Gasteiger partial charge in [-0.2, -0.15) is 0 Å². The SMILES string of the molecule is CCCCN1CCNc2ccccc2C1. The van der Waals surface area contributed by atoms with Gasteiger partial charge in [0.25, 0.3) is 0 Å². The summed E-state index contributed by atoms with van der Waals surface area (Å²) in [5.41, 5.74) is 2.75. The molecule has 0 aromatic heterocycles. The number of benzene rings is 1. The number of hydrogen-bond acceptors (Lipinski definition) is 2. The molecule has 2 nitrogen and oxygen atoms in total. The number of fused-ring (bicyclic) bond motifs is 1. The lowest BCUT2D eigenvalue weighted by Crippen LogP contribution is -2.26. The van der Waals surface area contributed by atoms with Gasteiger partial charge in [-0.15, -0.1) is 0 Å². The van der Waals surface area contributed by atoms with Crippen LogP contribution in [0.25, 0.3) is 0 Å². The van der Waals surface area contributed by atoms with Crippen LogP contribution in [0.4, 0.5) is 5.69 Å². The second-order valence-electron chi connectivity index (χ2n) is 4.21. The van der Waals surface area contributed by atoms with Crippen molar-refractivity contribution in [2.45, 2.75) is 26.3 Å². The van der Waals surface area contributed by atoms with Crippen LogP contribution in [-0.2, 0) is 6.54 Å². The van der Waals surface area contributed by atoms with Gasteiger partial charge in [0.2, 0.25) is 0 Å². The van der Waals surface area contributed by atoms with Crippen molar-refractivity contribution in [1.29, 1.82) is 0 Å². The maximum atomic E-state index is 3.49. The van der Waals surface area contributed by atoms with Crippen LogP contribution in [0.1, 0.15) is 25.3 Å². The van der Waals surface area contributed by atoms with Crippen molar-refractivity contribution in [3.8, 4) is 0 Å². The summed E-state index contributed by atoms with van der Waals surface area (Å²) in [5.74, 6) is 0. The summed E-state index contributed by atoms with van der Waals surface area (Å²) in [5, 5.41) is 3.49.